The van der Waals surface area contributed by atoms with E-state index in [1.807, 2.05) is 19.1 Å². The molecule has 0 aliphatic heterocycles. The van der Waals surface area contributed by atoms with Crippen molar-refractivity contribution in [2.45, 2.75) is 59.4 Å². The molecule has 0 heterocycles. The number of hydrogen-bond donors (Lipinski definition) is 1. The van der Waals surface area contributed by atoms with Gasteiger partial charge in [-0.15, -0.1) is 0 Å². The van der Waals surface area contributed by atoms with Crippen LogP contribution < -0.4 is 5.32 Å². The van der Waals surface area contributed by atoms with Crippen molar-refractivity contribution in [1.82, 2.24) is 5.32 Å². The SMILES string of the molecule is C=CC(=C\C)/C(/C=C\C(=C)c1cccc(/C(C=C)=C/C)c1)=C(/C)NC1CCCC(C)C1. The van der Waals surface area contributed by atoms with Crippen LogP contribution in [0.3, 0.4) is 0 Å². The summed E-state index contributed by atoms with van der Waals surface area (Å²) in [5, 5.41) is 3.79. The van der Waals surface area contributed by atoms with Crippen molar-refractivity contribution < 1.29 is 0 Å². The molecule has 1 nitrogen and oxygen atoms in total. The molecule has 2 atom stereocenters. The Balaban J connectivity index is 2.30. The van der Waals surface area contributed by atoms with Crippen molar-refractivity contribution in [1.29, 1.82) is 0 Å². The van der Waals surface area contributed by atoms with Gasteiger partial charge in [-0.05, 0) is 79.0 Å². The van der Waals surface area contributed by atoms with Crippen LogP contribution in [0.5, 0.6) is 0 Å². The Bertz CT molecular complexity index is 919. The lowest BCUT2D eigenvalue weighted by molar-refractivity contribution is 0.315. The summed E-state index contributed by atoms with van der Waals surface area (Å²) in [7, 11) is 0. The van der Waals surface area contributed by atoms with Crippen LogP contribution in [-0.2, 0) is 0 Å². The van der Waals surface area contributed by atoms with E-state index >= 15 is 0 Å². The highest BCUT2D eigenvalue weighted by atomic mass is 14.9. The molecule has 1 aliphatic rings. The van der Waals surface area contributed by atoms with E-state index in [0.29, 0.717) is 6.04 Å². The van der Waals surface area contributed by atoms with E-state index in [2.05, 4.69) is 94.4 Å². The Morgan fingerprint density at radius 1 is 1.03 bits per heavy atom. The van der Waals surface area contributed by atoms with Gasteiger partial charge in [-0.1, -0.05) is 94.2 Å². The van der Waals surface area contributed by atoms with E-state index in [-0.39, 0.29) is 0 Å². The van der Waals surface area contributed by atoms with E-state index in [1.165, 1.54) is 37.0 Å². The van der Waals surface area contributed by atoms with Gasteiger partial charge in [0.25, 0.3) is 0 Å². The summed E-state index contributed by atoms with van der Waals surface area (Å²) in [5.41, 5.74) is 7.89. The van der Waals surface area contributed by atoms with Gasteiger partial charge in [-0.3, -0.25) is 0 Å². The third-order valence-corrected chi connectivity index (χ3v) is 6.15. The molecule has 0 spiro atoms. The van der Waals surface area contributed by atoms with Crippen molar-refractivity contribution in [3.05, 3.63) is 108 Å². The summed E-state index contributed by atoms with van der Waals surface area (Å²) in [4.78, 5) is 0. The molecule has 31 heavy (non-hydrogen) atoms. The molecule has 1 saturated carbocycles. The molecule has 1 aromatic rings. The molecule has 2 unspecified atom stereocenters. The van der Waals surface area contributed by atoms with Gasteiger partial charge in [0.1, 0.15) is 0 Å². The van der Waals surface area contributed by atoms with Crippen LogP contribution in [0.2, 0.25) is 0 Å². The summed E-state index contributed by atoms with van der Waals surface area (Å²) < 4.78 is 0. The zero-order valence-electron chi connectivity index (χ0n) is 19.9. The molecular weight excluding hydrogens is 374 g/mol. The average Bonchev–Trinajstić information content (AvgIpc) is 2.77. The van der Waals surface area contributed by atoms with E-state index in [0.717, 1.165) is 33.8 Å². The standard InChI is InChI=1S/C30H39N/c1-8-25(9-2)28-16-13-15-27(21-28)23(6)18-19-30(26(10-3)11-4)24(7)31-29-17-12-14-22(5)20-29/h8-11,13,15-16,18-19,21-22,29,31H,1,3,6,12,14,17,20H2,2,4-5,7H3/b19-18-,25-9+,26-11+,30-24-. The number of benzene rings is 1. The Labute approximate surface area is 190 Å². The number of rotatable bonds is 9. The van der Waals surface area contributed by atoms with Crippen molar-refractivity contribution in [3.63, 3.8) is 0 Å². The fraction of sp³-hybridized carbons (Fsp3) is 0.333. The lowest BCUT2D eigenvalue weighted by Gasteiger charge is -2.29. The molecule has 164 valence electrons. The highest BCUT2D eigenvalue weighted by Gasteiger charge is 2.19. The Hall–Kier alpha value is -2.80. The van der Waals surface area contributed by atoms with Crippen LogP contribution in [0.25, 0.3) is 11.1 Å². The second kappa shape index (κ2) is 12.2. The first-order valence-corrected chi connectivity index (χ1v) is 11.5. The molecule has 2 rings (SSSR count). The third kappa shape index (κ3) is 6.85. The van der Waals surface area contributed by atoms with E-state index in [1.54, 1.807) is 0 Å². The molecular formula is C30H39N. The molecule has 0 bridgehead atoms. The molecule has 0 saturated heterocycles. The quantitative estimate of drug-likeness (QED) is 0.401. The zero-order chi connectivity index (χ0) is 22.8. The van der Waals surface area contributed by atoms with Crippen molar-refractivity contribution >= 4 is 11.1 Å². The summed E-state index contributed by atoms with van der Waals surface area (Å²) >= 11 is 0. The minimum atomic E-state index is 0.549. The van der Waals surface area contributed by atoms with Crippen LogP contribution in [0.15, 0.2) is 97.3 Å². The molecule has 1 aromatic carbocycles. The lowest BCUT2D eigenvalue weighted by Crippen LogP contribution is -2.32. The first-order chi connectivity index (χ1) is 14.9. The molecule has 1 N–H and O–H groups in total. The van der Waals surface area contributed by atoms with Crippen LogP contribution in [0, 0.1) is 5.92 Å². The summed E-state index contributed by atoms with van der Waals surface area (Å²) in [5.74, 6) is 0.795. The predicted molar refractivity (Wildman–Crippen MR) is 140 cm³/mol. The van der Waals surface area contributed by atoms with Crippen molar-refractivity contribution in [2.75, 3.05) is 0 Å². The topological polar surface area (TPSA) is 12.0 Å². The zero-order valence-corrected chi connectivity index (χ0v) is 19.9. The minimum Gasteiger partial charge on any atom is -0.385 e. The van der Waals surface area contributed by atoms with Gasteiger partial charge in [0.15, 0.2) is 0 Å². The molecule has 1 heteroatoms. The third-order valence-electron chi connectivity index (χ3n) is 6.15. The lowest BCUT2D eigenvalue weighted by atomic mass is 9.87. The Kier molecular flexibility index (Phi) is 9.59. The summed E-state index contributed by atoms with van der Waals surface area (Å²) in [6.45, 7) is 20.9. The smallest absolute Gasteiger partial charge is 0.0260 e. The van der Waals surface area contributed by atoms with Gasteiger partial charge < -0.3 is 5.32 Å². The van der Waals surface area contributed by atoms with Crippen LogP contribution in [0.1, 0.15) is 64.5 Å². The summed E-state index contributed by atoms with van der Waals surface area (Å²) in [6, 6.07) is 9.01. The van der Waals surface area contributed by atoms with Crippen LogP contribution in [-0.4, -0.2) is 6.04 Å². The molecule has 0 radical (unpaired) electrons. The first kappa shape index (κ1) is 24.5. The van der Waals surface area contributed by atoms with Gasteiger partial charge in [0, 0.05) is 11.7 Å². The van der Waals surface area contributed by atoms with E-state index < -0.39 is 0 Å². The van der Waals surface area contributed by atoms with Crippen LogP contribution in [0.4, 0.5) is 0 Å². The van der Waals surface area contributed by atoms with Gasteiger partial charge in [0.05, 0.1) is 0 Å². The molecule has 1 fully saturated rings. The van der Waals surface area contributed by atoms with E-state index in [4.69, 9.17) is 0 Å². The van der Waals surface area contributed by atoms with E-state index in [9.17, 15) is 0 Å². The van der Waals surface area contributed by atoms with Crippen molar-refractivity contribution in [3.8, 4) is 0 Å². The van der Waals surface area contributed by atoms with Gasteiger partial charge in [-0.25, -0.2) is 0 Å². The largest absolute Gasteiger partial charge is 0.385 e. The van der Waals surface area contributed by atoms with Gasteiger partial charge >= 0.3 is 0 Å². The highest BCUT2D eigenvalue weighted by molar-refractivity contribution is 5.79. The number of nitrogens with one attached hydrogen (secondary N) is 1. The van der Waals surface area contributed by atoms with Gasteiger partial charge in [-0.2, -0.15) is 0 Å². The fourth-order valence-electron chi connectivity index (χ4n) is 4.35. The van der Waals surface area contributed by atoms with Crippen molar-refractivity contribution in [2.24, 2.45) is 5.92 Å². The molecule has 1 aliphatic carbocycles. The second-order valence-corrected chi connectivity index (χ2v) is 8.49. The monoisotopic (exact) mass is 413 g/mol. The highest BCUT2D eigenvalue weighted by Crippen LogP contribution is 2.27. The fourth-order valence-corrected chi connectivity index (χ4v) is 4.35. The summed E-state index contributed by atoms with van der Waals surface area (Å²) in [6.07, 6.45) is 17.4. The molecule has 0 aromatic heterocycles. The maximum atomic E-state index is 4.32. The molecule has 0 amide bonds. The predicted octanol–water partition coefficient (Wildman–Crippen LogP) is 8.42. The van der Waals surface area contributed by atoms with Crippen LogP contribution >= 0.6 is 0 Å². The maximum absolute atomic E-state index is 4.32. The maximum Gasteiger partial charge on any atom is 0.0260 e. The minimum absolute atomic E-state index is 0.549. The second-order valence-electron chi connectivity index (χ2n) is 8.49. The average molecular weight is 414 g/mol. The number of hydrogen-bond acceptors (Lipinski definition) is 1. The number of allylic oxidation sites excluding steroid dienone is 11. The first-order valence-electron chi connectivity index (χ1n) is 11.5. The van der Waals surface area contributed by atoms with Gasteiger partial charge in [0.2, 0.25) is 0 Å². The Morgan fingerprint density at radius 3 is 2.39 bits per heavy atom. The Morgan fingerprint density at radius 2 is 1.77 bits per heavy atom. The normalized spacial score (nSPS) is 20.9.